The average Bonchev–Trinajstić information content (AvgIpc) is 3.01. The lowest BCUT2D eigenvalue weighted by atomic mass is 10.0. The van der Waals surface area contributed by atoms with E-state index in [-0.39, 0.29) is 11.9 Å². The average molecular weight is 624 g/mol. The topological polar surface area (TPSA) is 55.8 Å². The van der Waals surface area contributed by atoms with Crippen LogP contribution in [0.3, 0.4) is 0 Å². The second-order valence-corrected chi connectivity index (χ2v) is 13.4. The SMILES string of the molecule is CCCCCCCCCCCCCCCCCC(=O)ON(CCC)OC(=O)CCCCCCCCCCCCCCCCC. The highest BCUT2D eigenvalue weighted by Gasteiger charge is 2.16. The zero-order chi connectivity index (χ0) is 32.2. The van der Waals surface area contributed by atoms with Crippen LogP contribution in [0.4, 0.5) is 0 Å². The predicted molar refractivity (Wildman–Crippen MR) is 188 cm³/mol. The van der Waals surface area contributed by atoms with Gasteiger partial charge in [0.05, 0.1) is 6.54 Å². The van der Waals surface area contributed by atoms with Gasteiger partial charge in [-0.2, -0.15) is 0 Å². The summed E-state index contributed by atoms with van der Waals surface area (Å²) in [5, 5.41) is 1.11. The van der Waals surface area contributed by atoms with E-state index in [1.807, 2.05) is 6.92 Å². The highest BCUT2D eigenvalue weighted by atomic mass is 17.0. The highest BCUT2D eigenvalue weighted by Crippen LogP contribution is 2.16. The molecule has 0 bridgehead atoms. The van der Waals surface area contributed by atoms with Gasteiger partial charge >= 0.3 is 11.9 Å². The number of nitrogens with zero attached hydrogens (tertiary/aromatic N) is 1. The first-order valence-electron chi connectivity index (χ1n) is 19.8. The smallest absolute Gasteiger partial charge is 0.329 e. The van der Waals surface area contributed by atoms with Crippen molar-refractivity contribution < 1.29 is 19.3 Å². The minimum atomic E-state index is -0.298. The summed E-state index contributed by atoms with van der Waals surface area (Å²) >= 11 is 0. The molecule has 0 N–H and O–H groups in total. The van der Waals surface area contributed by atoms with Crippen LogP contribution in [0.15, 0.2) is 0 Å². The Morgan fingerprint density at radius 2 is 0.568 bits per heavy atom. The molecule has 0 rings (SSSR count). The molecule has 0 saturated heterocycles. The molecule has 262 valence electrons. The van der Waals surface area contributed by atoms with E-state index in [1.54, 1.807) is 0 Å². The van der Waals surface area contributed by atoms with Crippen LogP contribution in [0.2, 0.25) is 0 Å². The first kappa shape index (κ1) is 42.9. The summed E-state index contributed by atoms with van der Waals surface area (Å²) in [6.45, 7) is 6.95. The van der Waals surface area contributed by atoms with Crippen LogP contribution in [-0.2, 0) is 19.3 Å². The molecule has 5 nitrogen and oxygen atoms in total. The molecule has 0 aromatic carbocycles. The van der Waals surface area contributed by atoms with Crippen LogP contribution in [0.1, 0.15) is 233 Å². The summed E-state index contributed by atoms with van der Waals surface area (Å²) in [7, 11) is 0. The van der Waals surface area contributed by atoms with E-state index in [2.05, 4.69) is 13.8 Å². The number of carbonyl (C=O) groups is 2. The van der Waals surface area contributed by atoms with E-state index >= 15 is 0 Å². The van der Waals surface area contributed by atoms with E-state index in [0.29, 0.717) is 19.4 Å². The molecule has 0 atom stereocenters. The van der Waals surface area contributed by atoms with Crippen LogP contribution in [0.25, 0.3) is 0 Å². The van der Waals surface area contributed by atoms with Crippen molar-refractivity contribution in [2.24, 2.45) is 0 Å². The standard InChI is InChI=1S/C39H77NO4/c1-4-7-9-11-13-15-17-19-21-23-25-27-29-31-33-35-38(41)43-40(37-6-3)44-39(42)36-34-32-30-28-26-24-22-20-18-16-14-12-10-8-5-2/h4-37H2,1-3H3. The molecule has 0 saturated carbocycles. The lowest BCUT2D eigenvalue weighted by Crippen LogP contribution is -2.31. The molecule has 0 aromatic rings. The summed E-state index contributed by atoms with van der Waals surface area (Å²) in [6, 6.07) is 0. The van der Waals surface area contributed by atoms with Gasteiger partial charge in [-0.1, -0.05) is 201 Å². The number of unbranched alkanes of at least 4 members (excludes halogenated alkanes) is 28. The molecule has 0 unspecified atom stereocenters. The van der Waals surface area contributed by atoms with Gasteiger partial charge in [-0.3, -0.25) is 9.59 Å². The number of hydrogen-bond acceptors (Lipinski definition) is 5. The Hall–Kier alpha value is -1.10. The van der Waals surface area contributed by atoms with Gasteiger partial charge in [0, 0.05) is 18.1 Å². The Labute approximate surface area is 275 Å². The van der Waals surface area contributed by atoms with Crippen molar-refractivity contribution in [1.82, 2.24) is 5.23 Å². The lowest BCUT2D eigenvalue weighted by Gasteiger charge is -2.19. The molecule has 0 radical (unpaired) electrons. The summed E-state index contributed by atoms with van der Waals surface area (Å²) < 4.78 is 0. The molecular formula is C39H77NO4. The molecule has 5 heteroatoms. The molecule has 0 aliphatic rings. The van der Waals surface area contributed by atoms with Crippen molar-refractivity contribution in [2.45, 2.75) is 233 Å². The maximum Gasteiger partial charge on any atom is 0.329 e. The maximum absolute atomic E-state index is 12.3. The Morgan fingerprint density at radius 1 is 0.341 bits per heavy atom. The minimum absolute atomic E-state index is 0.298. The van der Waals surface area contributed by atoms with Crippen LogP contribution in [0, 0.1) is 0 Å². The highest BCUT2D eigenvalue weighted by molar-refractivity contribution is 5.70. The van der Waals surface area contributed by atoms with Gasteiger partial charge in [-0.05, 0) is 19.3 Å². The van der Waals surface area contributed by atoms with E-state index < -0.39 is 0 Å². The Balaban J connectivity index is 3.61. The monoisotopic (exact) mass is 624 g/mol. The van der Waals surface area contributed by atoms with Gasteiger partial charge < -0.3 is 9.68 Å². The Morgan fingerprint density at radius 3 is 0.795 bits per heavy atom. The van der Waals surface area contributed by atoms with E-state index in [0.717, 1.165) is 37.3 Å². The summed E-state index contributed by atoms with van der Waals surface area (Å²) in [4.78, 5) is 35.3. The Bertz CT molecular complexity index is 549. The van der Waals surface area contributed by atoms with Gasteiger partial charge in [-0.15, -0.1) is 0 Å². The fraction of sp³-hybridized carbons (Fsp3) is 0.949. The largest absolute Gasteiger partial charge is 0.333 e. The first-order valence-corrected chi connectivity index (χ1v) is 19.8. The fourth-order valence-electron chi connectivity index (χ4n) is 5.89. The molecule has 0 heterocycles. The first-order chi connectivity index (χ1) is 21.6. The van der Waals surface area contributed by atoms with Crippen molar-refractivity contribution in [1.29, 1.82) is 0 Å². The van der Waals surface area contributed by atoms with Gasteiger partial charge in [0.2, 0.25) is 0 Å². The van der Waals surface area contributed by atoms with E-state index in [9.17, 15) is 9.59 Å². The molecule has 0 amide bonds. The second kappa shape index (κ2) is 36.4. The van der Waals surface area contributed by atoms with Crippen LogP contribution in [-0.4, -0.2) is 23.7 Å². The maximum atomic E-state index is 12.3. The third-order valence-electron chi connectivity index (χ3n) is 8.78. The minimum Gasteiger partial charge on any atom is -0.333 e. The third kappa shape index (κ3) is 33.8. The van der Waals surface area contributed by atoms with Crippen molar-refractivity contribution in [3.05, 3.63) is 0 Å². The number of hydroxylamine groups is 2. The van der Waals surface area contributed by atoms with E-state index in [1.165, 1.54) is 167 Å². The van der Waals surface area contributed by atoms with Crippen molar-refractivity contribution in [3.8, 4) is 0 Å². The van der Waals surface area contributed by atoms with Gasteiger partial charge in [0.15, 0.2) is 0 Å². The quantitative estimate of drug-likeness (QED) is 0.0513. The molecule has 44 heavy (non-hydrogen) atoms. The molecule has 0 aliphatic carbocycles. The summed E-state index contributed by atoms with van der Waals surface area (Å²) in [6.07, 6.45) is 40.6. The third-order valence-corrected chi connectivity index (χ3v) is 8.78. The van der Waals surface area contributed by atoms with E-state index in [4.69, 9.17) is 9.68 Å². The number of rotatable bonds is 36. The normalized spacial score (nSPS) is 11.4. The van der Waals surface area contributed by atoms with Crippen LogP contribution >= 0.6 is 0 Å². The second-order valence-electron chi connectivity index (χ2n) is 13.4. The number of hydrogen-bond donors (Lipinski definition) is 0. The zero-order valence-electron chi connectivity index (χ0n) is 30.1. The molecule has 0 aliphatic heterocycles. The molecular weight excluding hydrogens is 546 g/mol. The molecule has 0 aromatic heterocycles. The lowest BCUT2D eigenvalue weighted by molar-refractivity contribution is -0.325. The molecule has 0 fully saturated rings. The van der Waals surface area contributed by atoms with Gasteiger partial charge in [-0.25, -0.2) is 0 Å². The number of carbonyl (C=O) groups excluding carboxylic acids is 2. The summed E-state index contributed by atoms with van der Waals surface area (Å²) in [5.74, 6) is -0.596. The van der Waals surface area contributed by atoms with Crippen LogP contribution in [0.5, 0.6) is 0 Å². The molecule has 0 spiro atoms. The van der Waals surface area contributed by atoms with Gasteiger partial charge in [0.1, 0.15) is 0 Å². The summed E-state index contributed by atoms with van der Waals surface area (Å²) in [5.41, 5.74) is 0. The van der Waals surface area contributed by atoms with Gasteiger partial charge in [0.25, 0.3) is 0 Å². The van der Waals surface area contributed by atoms with Crippen molar-refractivity contribution >= 4 is 11.9 Å². The zero-order valence-corrected chi connectivity index (χ0v) is 30.1. The van der Waals surface area contributed by atoms with Crippen molar-refractivity contribution in [2.75, 3.05) is 6.54 Å². The fourth-order valence-corrected chi connectivity index (χ4v) is 5.89. The van der Waals surface area contributed by atoms with Crippen LogP contribution < -0.4 is 0 Å². The Kier molecular flexibility index (Phi) is 35.5. The van der Waals surface area contributed by atoms with Crippen molar-refractivity contribution in [3.63, 3.8) is 0 Å². The predicted octanol–water partition coefficient (Wildman–Crippen LogP) is 13.1.